The van der Waals surface area contributed by atoms with Gasteiger partial charge < -0.3 is 5.73 Å². The van der Waals surface area contributed by atoms with E-state index in [9.17, 15) is 0 Å². The Labute approximate surface area is 174 Å². The number of aromatic nitrogens is 7. The third-order valence-corrected chi connectivity index (χ3v) is 6.21. The molecular weight excluding hydrogens is 378 g/mol. The summed E-state index contributed by atoms with van der Waals surface area (Å²) in [5.74, 6) is 0. The Bertz CT molecular complexity index is 1230. The summed E-state index contributed by atoms with van der Waals surface area (Å²) < 4.78 is 5.62. The zero-order chi connectivity index (χ0) is 20.7. The number of fused-ring (bicyclic) bond motifs is 1. The molecule has 1 aliphatic rings. The largest absolute Gasteiger partial charge is 0.328 e. The van der Waals surface area contributed by atoms with Crippen LogP contribution >= 0.6 is 0 Å². The fourth-order valence-electron chi connectivity index (χ4n) is 4.35. The summed E-state index contributed by atoms with van der Waals surface area (Å²) in [6, 6.07) is 2.17. The van der Waals surface area contributed by atoms with Crippen LogP contribution in [0.5, 0.6) is 0 Å². The molecule has 0 aliphatic heterocycles. The van der Waals surface area contributed by atoms with Crippen LogP contribution in [0.3, 0.4) is 0 Å². The normalized spacial score (nSPS) is 21.7. The van der Waals surface area contributed by atoms with Gasteiger partial charge in [-0.3, -0.25) is 9.36 Å². The van der Waals surface area contributed by atoms with E-state index in [1.165, 1.54) is 0 Å². The van der Waals surface area contributed by atoms with Crippen molar-refractivity contribution in [2.24, 2.45) is 12.8 Å². The SMILES string of the molecule is C#[N+][C@H]1CC[C@@](CN)(n2cc(-c3nc(-c4cnn(C)c4)cn4nccc34)cn2)CC1. The van der Waals surface area contributed by atoms with Gasteiger partial charge in [0.05, 0.1) is 47.2 Å². The lowest BCUT2D eigenvalue weighted by atomic mass is 9.79. The molecule has 5 rings (SSSR count). The first-order valence-corrected chi connectivity index (χ1v) is 10.1. The van der Waals surface area contributed by atoms with Crippen molar-refractivity contribution in [2.45, 2.75) is 37.3 Å². The molecule has 152 valence electrons. The zero-order valence-corrected chi connectivity index (χ0v) is 16.9. The van der Waals surface area contributed by atoms with E-state index in [2.05, 4.69) is 21.2 Å². The minimum absolute atomic E-state index is 0.211. The molecule has 30 heavy (non-hydrogen) atoms. The summed E-state index contributed by atoms with van der Waals surface area (Å²) in [5, 5.41) is 13.4. The number of nitrogens with two attached hydrogens (primary N) is 1. The maximum absolute atomic E-state index is 6.22. The van der Waals surface area contributed by atoms with Gasteiger partial charge in [-0.2, -0.15) is 15.3 Å². The van der Waals surface area contributed by atoms with Crippen molar-refractivity contribution in [1.82, 2.24) is 34.2 Å². The molecule has 4 aromatic heterocycles. The molecule has 0 atom stereocenters. The number of hydrogen-bond donors (Lipinski definition) is 1. The molecule has 1 saturated carbocycles. The summed E-state index contributed by atoms with van der Waals surface area (Å²) in [6.07, 6.45) is 15.0. The monoisotopic (exact) mass is 402 g/mol. The van der Waals surface area contributed by atoms with Crippen LogP contribution in [0.15, 0.2) is 43.2 Å². The highest BCUT2D eigenvalue weighted by molar-refractivity contribution is 5.78. The minimum atomic E-state index is -0.211. The van der Waals surface area contributed by atoms with Crippen molar-refractivity contribution in [2.75, 3.05) is 6.54 Å². The second-order valence-corrected chi connectivity index (χ2v) is 8.02. The van der Waals surface area contributed by atoms with Crippen LogP contribution in [0.4, 0.5) is 0 Å². The molecule has 2 N–H and O–H groups in total. The van der Waals surface area contributed by atoms with E-state index in [1.54, 1.807) is 17.1 Å². The minimum Gasteiger partial charge on any atom is -0.328 e. The van der Waals surface area contributed by atoms with Gasteiger partial charge in [-0.1, -0.05) is 4.85 Å². The van der Waals surface area contributed by atoms with E-state index in [4.69, 9.17) is 22.4 Å². The third kappa shape index (κ3) is 2.97. The molecule has 4 heterocycles. The fraction of sp³-hybridized carbons (Fsp3) is 0.381. The van der Waals surface area contributed by atoms with E-state index in [1.807, 2.05) is 40.9 Å². The summed E-state index contributed by atoms with van der Waals surface area (Å²) in [5.41, 5.74) is 10.4. The molecule has 4 aromatic rings. The van der Waals surface area contributed by atoms with Crippen LogP contribution in [0.1, 0.15) is 25.7 Å². The Morgan fingerprint density at radius 2 is 1.93 bits per heavy atom. The van der Waals surface area contributed by atoms with Gasteiger partial charge in [0, 0.05) is 50.0 Å². The highest BCUT2D eigenvalue weighted by atomic mass is 15.3. The van der Waals surface area contributed by atoms with Gasteiger partial charge in [-0.05, 0) is 18.9 Å². The van der Waals surface area contributed by atoms with Crippen molar-refractivity contribution in [3.05, 3.63) is 48.1 Å². The highest BCUT2D eigenvalue weighted by Crippen LogP contribution is 2.36. The van der Waals surface area contributed by atoms with Gasteiger partial charge in [0.2, 0.25) is 0 Å². The Morgan fingerprint density at radius 1 is 1.13 bits per heavy atom. The van der Waals surface area contributed by atoms with Crippen molar-refractivity contribution in [3.8, 4) is 29.1 Å². The lowest BCUT2D eigenvalue weighted by molar-refractivity contribution is 0.178. The van der Waals surface area contributed by atoms with Crippen LogP contribution in [-0.2, 0) is 12.6 Å². The Hall–Kier alpha value is -3.51. The quantitative estimate of drug-likeness (QED) is 0.566. The Kier molecular flexibility index (Phi) is 4.37. The molecule has 0 bridgehead atoms. The van der Waals surface area contributed by atoms with E-state index in [-0.39, 0.29) is 11.6 Å². The predicted octanol–water partition coefficient (Wildman–Crippen LogP) is 2.55. The molecule has 0 aromatic carbocycles. The summed E-state index contributed by atoms with van der Waals surface area (Å²) >= 11 is 0. The summed E-state index contributed by atoms with van der Waals surface area (Å²) in [7, 11) is 1.89. The maximum Gasteiger partial charge on any atom is 0.272 e. The lowest BCUT2D eigenvalue weighted by Crippen LogP contribution is -2.45. The molecule has 1 fully saturated rings. The van der Waals surface area contributed by atoms with E-state index in [0.717, 1.165) is 53.7 Å². The van der Waals surface area contributed by atoms with Crippen LogP contribution < -0.4 is 5.73 Å². The van der Waals surface area contributed by atoms with E-state index < -0.39 is 0 Å². The van der Waals surface area contributed by atoms with Gasteiger partial charge in [0.1, 0.15) is 0 Å². The fourth-order valence-corrected chi connectivity index (χ4v) is 4.35. The zero-order valence-electron chi connectivity index (χ0n) is 16.9. The van der Waals surface area contributed by atoms with Crippen LogP contribution in [0.25, 0.3) is 32.9 Å². The van der Waals surface area contributed by atoms with Gasteiger partial charge in [-0.25, -0.2) is 9.50 Å². The maximum atomic E-state index is 6.22. The van der Waals surface area contributed by atoms with E-state index in [0.29, 0.717) is 6.54 Å². The average molecular weight is 402 g/mol. The first kappa shape index (κ1) is 18.5. The molecule has 0 saturated heterocycles. The first-order valence-electron chi connectivity index (χ1n) is 10.1. The van der Waals surface area contributed by atoms with Crippen molar-refractivity contribution < 1.29 is 0 Å². The summed E-state index contributed by atoms with van der Waals surface area (Å²) in [4.78, 5) is 8.89. The second kappa shape index (κ2) is 7.07. The van der Waals surface area contributed by atoms with Crippen LogP contribution in [0.2, 0.25) is 0 Å². The number of rotatable bonds is 4. The topological polar surface area (TPSA) is 96.2 Å². The van der Waals surface area contributed by atoms with Crippen molar-refractivity contribution in [1.29, 1.82) is 0 Å². The summed E-state index contributed by atoms with van der Waals surface area (Å²) in [6.45, 7) is 6.03. The average Bonchev–Trinajstić information content (AvgIpc) is 3.53. The molecule has 0 amide bonds. The van der Waals surface area contributed by atoms with Gasteiger partial charge >= 0.3 is 0 Å². The smallest absolute Gasteiger partial charge is 0.272 e. The molecule has 9 heteroatoms. The number of nitrogens with zero attached hydrogens (tertiary/aromatic N) is 8. The Morgan fingerprint density at radius 3 is 2.63 bits per heavy atom. The lowest BCUT2D eigenvalue weighted by Gasteiger charge is -2.36. The second-order valence-electron chi connectivity index (χ2n) is 8.02. The molecule has 9 nitrogen and oxygen atoms in total. The molecule has 1 aliphatic carbocycles. The van der Waals surface area contributed by atoms with Crippen molar-refractivity contribution in [3.63, 3.8) is 0 Å². The van der Waals surface area contributed by atoms with Crippen LogP contribution in [-0.4, -0.2) is 46.7 Å². The molecule has 0 spiro atoms. The van der Waals surface area contributed by atoms with Crippen LogP contribution in [0, 0.1) is 6.57 Å². The Balaban J connectivity index is 1.56. The van der Waals surface area contributed by atoms with Gasteiger partial charge in [0.15, 0.2) is 0 Å². The number of hydrogen-bond acceptors (Lipinski definition) is 5. The van der Waals surface area contributed by atoms with Crippen molar-refractivity contribution >= 4 is 5.52 Å². The van der Waals surface area contributed by atoms with Gasteiger partial charge in [-0.15, -0.1) is 0 Å². The molecule has 0 radical (unpaired) electrons. The molecule has 0 unspecified atom stereocenters. The predicted molar refractivity (Wildman–Crippen MR) is 114 cm³/mol. The van der Waals surface area contributed by atoms with Gasteiger partial charge in [0.25, 0.3) is 12.6 Å². The third-order valence-electron chi connectivity index (χ3n) is 6.21. The first-order chi connectivity index (χ1) is 14.6. The highest BCUT2D eigenvalue weighted by Gasteiger charge is 2.40. The molecular formula is C21H24N9+. The van der Waals surface area contributed by atoms with E-state index >= 15 is 0 Å². The standard InChI is InChI=1S/C21H24N9/c1-23-17-3-6-21(14-22,7-4-17)30-12-16(10-26-30)20-19-5-8-24-29(19)13-18(27-20)15-9-25-28(2)11-15/h1,5,8-13,17H,3-4,6-7,14,22H2,2H3/q+1/t17-,21+. The number of aryl methyl sites for hydroxylation is 1.